The van der Waals surface area contributed by atoms with E-state index >= 15 is 0 Å². The Morgan fingerprint density at radius 1 is 0.862 bits per heavy atom. The van der Waals surface area contributed by atoms with Crippen LogP contribution in [0.1, 0.15) is 15.9 Å². The molecule has 2 N–H and O–H groups in total. The van der Waals surface area contributed by atoms with Gasteiger partial charge in [-0.2, -0.15) is 0 Å². The van der Waals surface area contributed by atoms with Crippen LogP contribution in [0, 0.1) is 0 Å². The lowest BCUT2D eigenvalue weighted by Gasteiger charge is -2.12. The lowest BCUT2D eigenvalue weighted by atomic mass is 10.1. The number of rotatable bonds is 7. The molecule has 0 aliphatic heterocycles. The van der Waals surface area contributed by atoms with Crippen LogP contribution >= 0.6 is 11.6 Å². The predicted molar refractivity (Wildman–Crippen MR) is 109 cm³/mol. The molecule has 0 heterocycles. The molecule has 29 heavy (non-hydrogen) atoms. The van der Waals surface area contributed by atoms with E-state index in [0.717, 1.165) is 0 Å². The second kappa shape index (κ2) is 10.2. The van der Waals surface area contributed by atoms with E-state index in [-0.39, 0.29) is 5.56 Å². The zero-order valence-electron chi connectivity index (χ0n) is 16.4. The average Bonchev–Trinajstić information content (AvgIpc) is 2.74. The van der Waals surface area contributed by atoms with Crippen molar-refractivity contribution in [3.63, 3.8) is 0 Å². The summed E-state index contributed by atoms with van der Waals surface area (Å²) < 4.78 is 20.9. The summed E-state index contributed by atoms with van der Waals surface area (Å²) in [7, 11) is 5.92. The zero-order valence-corrected chi connectivity index (χ0v) is 17.1. The number of benzene rings is 2. The van der Waals surface area contributed by atoms with E-state index in [4.69, 9.17) is 30.5 Å². The number of halogens is 1. The number of ether oxygens (including phenoxy) is 4. The van der Waals surface area contributed by atoms with Crippen molar-refractivity contribution in [2.45, 2.75) is 0 Å². The Morgan fingerprint density at radius 3 is 2.03 bits per heavy atom. The van der Waals surface area contributed by atoms with E-state index in [1.807, 2.05) is 0 Å². The highest BCUT2D eigenvalue weighted by molar-refractivity contribution is 6.31. The molecule has 0 atom stereocenters. The van der Waals surface area contributed by atoms with Crippen LogP contribution in [0.3, 0.4) is 0 Å². The Kier molecular flexibility index (Phi) is 7.73. The molecule has 0 radical (unpaired) electrons. The fraction of sp³-hybridized carbons (Fsp3) is 0.200. The number of amides is 2. The van der Waals surface area contributed by atoms with Crippen LogP contribution in [0.4, 0.5) is 0 Å². The van der Waals surface area contributed by atoms with Gasteiger partial charge in [-0.15, -0.1) is 0 Å². The van der Waals surface area contributed by atoms with Crippen molar-refractivity contribution in [1.82, 2.24) is 10.9 Å². The normalized spacial score (nSPS) is 10.4. The van der Waals surface area contributed by atoms with Gasteiger partial charge in [-0.1, -0.05) is 11.6 Å². The fourth-order valence-corrected chi connectivity index (χ4v) is 2.63. The first-order chi connectivity index (χ1) is 13.9. The predicted octanol–water partition coefficient (Wildman–Crippen LogP) is 2.85. The van der Waals surface area contributed by atoms with Crippen LogP contribution in [-0.4, -0.2) is 40.3 Å². The van der Waals surface area contributed by atoms with E-state index < -0.39 is 11.8 Å². The maximum Gasteiger partial charge on any atom is 0.273 e. The smallest absolute Gasteiger partial charge is 0.273 e. The lowest BCUT2D eigenvalue weighted by molar-refractivity contribution is -0.117. The molecule has 0 aromatic heterocycles. The zero-order chi connectivity index (χ0) is 21.4. The molecule has 0 aliphatic carbocycles. The van der Waals surface area contributed by atoms with Crippen LogP contribution in [0.5, 0.6) is 23.0 Å². The van der Waals surface area contributed by atoms with Gasteiger partial charge >= 0.3 is 0 Å². The first kappa shape index (κ1) is 21.9. The monoisotopic (exact) mass is 420 g/mol. The molecule has 0 aliphatic rings. The van der Waals surface area contributed by atoms with Crippen LogP contribution in [0.2, 0.25) is 5.02 Å². The number of methoxy groups -OCH3 is 4. The highest BCUT2D eigenvalue weighted by Gasteiger charge is 2.14. The highest BCUT2D eigenvalue weighted by Crippen LogP contribution is 2.38. The molecule has 8 nitrogen and oxygen atoms in total. The Bertz CT molecular complexity index is 904. The summed E-state index contributed by atoms with van der Waals surface area (Å²) in [5, 5.41) is 0.365. The van der Waals surface area contributed by atoms with E-state index in [1.165, 1.54) is 46.7 Å². The number of hydrazine groups is 1. The van der Waals surface area contributed by atoms with Crippen LogP contribution < -0.4 is 29.8 Å². The van der Waals surface area contributed by atoms with Gasteiger partial charge in [0.05, 0.1) is 34.0 Å². The molecule has 154 valence electrons. The number of hydrogen-bond acceptors (Lipinski definition) is 6. The van der Waals surface area contributed by atoms with Crippen molar-refractivity contribution >= 4 is 29.5 Å². The molecule has 2 rings (SSSR count). The van der Waals surface area contributed by atoms with Gasteiger partial charge in [-0.05, 0) is 42.0 Å². The minimum atomic E-state index is -0.570. The van der Waals surface area contributed by atoms with Gasteiger partial charge in [0, 0.05) is 11.1 Å². The Balaban J connectivity index is 2.07. The number of carbonyl (C=O) groups excluding carboxylic acids is 2. The fourth-order valence-electron chi connectivity index (χ4n) is 2.45. The standard InChI is InChI=1S/C20H21ClN2O6/c1-26-15-7-6-13(21)11-14(15)20(25)23-22-18(24)8-5-12-9-16(27-2)19(29-4)17(10-12)28-3/h5-11H,1-4H3,(H,22,24)(H,23,25)/b8-5+. The SMILES string of the molecule is COc1ccc(Cl)cc1C(=O)NNC(=O)/C=C/c1cc(OC)c(OC)c(OC)c1. The summed E-state index contributed by atoms with van der Waals surface area (Å²) in [5.41, 5.74) is 5.42. The topological polar surface area (TPSA) is 95.1 Å². The number of carbonyl (C=O) groups is 2. The quantitative estimate of drug-likeness (QED) is 0.528. The van der Waals surface area contributed by atoms with Gasteiger partial charge in [0.25, 0.3) is 11.8 Å². The van der Waals surface area contributed by atoms with Crippen LogP contribution in [0.15, 0.2) is 36.4 Å². The van der Waals surface area contributed by atoms with Crippen molar-refractivity contribution in [3.8, 4) is 23.0 Å². The van der Waals surface area contributed by atoms with Gasteiger partial charge in [0.1, 0.15) is 5.75 Å². The van der Waals surface area contributed by atoms with Gasteiger partial charge in [-0.3, -0.25) is 20.4 Å². The molecule has 0 unspecified atom stereocenters. The van der Waals surface area contributed by atoms with Gasteiger partial charge in [0.2, 0.25) is 5.75 Å². The summed E-state index contributed by atoms with van der Waals surface area (Å²) in [6.45, 7) is 0. The molecular weight excluding hydrogens is 400 g/mol. The Labute approximate surface area is 173 Å². The van der Waals surface area contributed by atoms with E-state index in [9.17, 15) is 9.59 Å². The molecule has 0 spiro atoms. The minimum Gasteiger partial charge on any atom is -0.496 e. The van der Waals surface area contributed by atoms with Gasteiger partial charge < -0.3 is 18.9 Å². The molecule has 9 heteroatoms. The first-order valence-electron chi connectivity index (χ1n) is 8.35. The van der Waals surface area contributed by atoms with E-state index in [0.29, 0.717) is 33.6 Å². The lowest BCUT2D eigenvalue weighted by Crippen LogP contribution is -2.40. The maximum absolute atomic E-state index is 12.3. The van der Waals surface area contributed by atoms with Crippen molar-refractivity contribution < 1.29 is 28.5 Å². The maximum atomic E-state index is 12.3. The van der Waals surface area contributed by atoms with E-state index in [2.05, 4.69) is 10.9 Å². The van der Waals surface area contributed by atoms with Crippen molar-refractivity contribution in [3.05, 3.63) is 52.6 Å². The second-order valence-electron chi connectivity index (χ2n) is 5.58. The summed E-state index contributed by atoms with van der Waals surface area (Å²) >= 11 is 5.91. The van der Waals surface area contributed by atoms with Crippen LogP contribution in [-0.2, 0) is 4.79 Å². The molecule has 2 amide bonds. The molecule has 2 aromatic rings. The third-order valence-electron chi connectivity index (χ3n) is 3.82. The van der Waals surface area contributed by atoms with Gasteiger partial charge in [-0.25, -0.2) is 0 Å². The highest BCUT2D eigenvalue weighted by atomic mass is 35.5. The summed E-state index contributed by atoms with van der Waals surface area (Å²) in [4.78, 5) is 24.3. The Hall–Kier alpha value is -3.39. The first-order valence-corrected chi connectivity index (χ1v) is 8.73. The van der Waals surface area contributed by atoms with Gasteiger partial charge in [0.15, 0.2) is 11.5 Å². The largest absolute Gasteiger partial charge is 0.496 e. The molecule has 0 saturated carbocycles. The second-order valence-corrected chi connectivity index (χ2v) is 6.02. The molecule has 2 aromatic carbocycles. The third kappa shape index (κ3) is 5.55. The van der Waals surface area contributed by atoms with E-state index in [1.54, 1.807) is 24.3 Å². The molecular formula is C20H21ClN2O6. The van der Waals surface area contributed by atoms with Crippen molar-refractivity contribution in [2.24, 2.45) is 0 Å². The number of hydrogen-bond donors (Lipinski definition) is 2. The Morgan fingerprint density at radius 2 is 1.48 bits per heavy atom. The van der Waals surface area contributed by atoms with Crippen LogP contribution in [0.25, 0.3) is 6.08 Å². The van der Waals surface area contributed by atoms with Crippen molar-refractivity contribution in [2.75, 3.05) is 28.4 Å². The third-order valence-corrected chi connectivity index (χ3v) is 4.05. The summed E-state index contributed by atoms with van der Waals surface area (Å²) in [6.07, 6.45) is 2.78. The molecule has 0 bridgehead atoms. The summed E-state index contributed by atoms with van der Waals surface area (Å²) in [6, 6.07) is 7.95. The summed E-state index contributed by atoms with van der Waals surface area (Å²) in [5.74, 6) is 0.557. The molecule has 0 fully saturated rings. The average molecular weight is 421 g/mol. The molecule has 0 saturated heterocycles. The number of nitrogens with one attached hydrogen (secondary N) is 2. The van der Waals surface area contributed by atoms with Crippen molar-refractivity contribution in [1.29, 1.82) is 0 Å². The minimum absolute atomic E-state index is 0.189.